The molecular weight excluding hydrogens is 284 g/mol. The van der Waals surface area contributed by atoms with E-state index in [-0.39, 0.29) is 5.97 Å². The first kappa shape index (κ1) is 21.7. The Bertz CT molecular complexity index is 340. The Morgan fingerprint density at radius 1 is 0.739 bits per heavy atom. The van der Waals surface area contributed by atoms with Crippen LogP contribution in [0.25, 0.3) is 0 Å². The predicted octanol–water partition coefficient (Wildman–Crippen LogP) is 6.53. The third-order valence-electron chi connectivity index (χ3n) is 3.57. The topological polar surface area (TPSA) is 26.3 Å². The number of allylic oxidation sites excluding steroid dienone is 6. The molecular formula is C21H36O2. The fraction of sp³-hybridized carbons (Fsp3) is 0.667. The fourth-order valence-corrected chi connectivity index (χ4v) is 2.22. The minimum absolute atomic E-state index is 0.0768. The van der Waals surface area contributed by atoms with Gasteiger partial charge in [0.05, 0.1) is 6.61 Å². The molecule has 23 heavy (non-hydrogen) atoms. The summed E-state index contributed by atoms with van der Waals surface area (Å²) in [5, 5.41) is 0. The van der Waals surface area contributed by atoms with Crippen LogP contribution in [0.2, 0.25) is 0 Å². The van der Waals surface area contributed by atoms with Gasteiger partial charge in [-0.1, -0.05) is 56.2 Å². The minimum atomic E-state index is -0.0768. The fourth-order valence-electron chi connectivity index (χ4n) is 2.22. The number of hydrogen-bond donors (Lipinski definition) is 0. The number of hydrogen-bond acceptors (Lipinski definition) is 2. The van der Waals surface area contributed by atoms with Crippen molar-refractivity contribution in [3.05, 3.63) is 36.5 Å². The molecule has 0 bridgehead atoms. The zero-order chi connectivity index (χ0) is 17.0. The summed E-state index contributed by atoms with van der Waals surface area (Å²) in [4.78, 5) is 11.1. The normalized spacial score (nSPS) is 11.9. The highest BCUT2D eigenvalue weighted by atomic mass is 16.5. The Balaban J connectivity index is 3.31. The van der Waals surface area contributed by atoms with Crippen molar-refractivity contribution in [2.75, 3.05) is 6.61 Å². The minimum Gasteiger partial charge on any atom is -0.466 e. The smallest absolute Gasteiger partial charge is 0.305 e. The van der Waals surface area contributed by atoms with Crippen molar-refractivity contribution in [3.8, 4) is 0 Å². The van der Waals surface area contributed by atoms with Crippen molar-refractivity contribution in [2.45, 2.75) is 84.5 Å². The summed E-state index contributed by atoms with van der Waals surface area (Å²) in [6.45, 7) is 4.57. The van der Waals surface area contributed by atoms with Crippen LogP contribution in [-0.4, -0.2) is 12.6 Å². The van der Waals surface area contributed by atoms with Gasteiger partial charge in [0.2, 0.25) is 0 Å². The first-order chi connectivity index (χ1) is 11.3. The molecule has 2 nitrogen and oxygen atoms in total. The SMILES string of the molecule is CCCCC/C=C/C=C/CCCC/C=C\CCCC(=O)OCC. The molecule has 0 spiro atoms. The lowest BCUT2D eigenvalue weighted by Gasteiger charge is -1.99. The van der Waals surface area contributed by atoms with Crippen LogP contribution in [0.4, 0.5) is 0 Å². The molecule has 0 atom stereocenters. The molecule has 0 saturated carbocycles. The molecule has 0 aromatic heterocycles. The maximum absolute atomic E-state index is 11.1. The molecule has 2 heteroatoms. The standard InChI is InChI=1S/C21H36O2/c1-3-5-6-7-8-9-10-11-12-13-14-15-16-17-18-19-20-21(22)23-4-2/h8-11,16-17H,3-7,12-15,18-20H2,1-2H3/b9-8+,11-10+,17-16-. The van der Waals surface area contributed by atoms with E-state index in [0.29, 0.717) is 13.0 Å². The summed E-state index contributed by atoms with van der Waals surface area (Å²) in [7, 11) is 0. The highest BCUT2D eigenvalue weighted by Crippen LogP contribution is 2.05. The molecule has 0 aromatic carbocycles. The Kier molecular flexibility index (Phi) is 17.7. The Labute approximate surface area is 143 Å². The number of unbranched alkanes of at least 4 members (excludes halogenated alkanes) is 7. The van der Waals surface area contributed by atoms with Crippen LogP contribution in [0.15, 0.2) is 36.5 Å². The average molecular weight is 321 g/mol. The third kappa shape index (κ3) is 18.6. The van der Waals surface area contributed by atoms with E-state index in [1.807, 2.05) is 6.92 Å². The van der Waals surface area contributed by atoms with Crippen molar-refractivity contribution in [3.63, 3.8) is 0 Å². The predicted molar refractivity (Wildman–Crippen MR) is 101 cm³/mol. The number of carbonyl (C=O) groups excluding carboxylic acids is 1. The van der Waals surface area contributed by atoms with Gasteiger partial charge in [-0.2, -0.15) is 0 Å². The molecule has 0 heterocycles. The maximum atomic E-state index is 11.1. The molecule has 0 fully saturated rings. The van der Waals surface area contributed by atoms with E-state index in [0.717, 1.165) is 25.7 Å². The molecule has 0 radical (unpaired) electrons. The Morgan fingerprint density at radius 2 is 1.26 bits per heavy atom. The van der Waals surface area contributed by atoms with Gasteiger partial charge in [-0.05, 0) is 58.3 Å². The van der Waals surface area contributed by atoms with Crippen molar-refractivity contribution < 1.29 is 9.53 Å². The Hall–Kier alpha value is -1.31. The quantitative estimate of drug-likeness (QED) is 0.148. The molecule has 132 valence electrons. The van der Waals surface area contributed by atoms with E-state index in [4.69, 9.17) is 4.74 Å². The van der Waals surface area contributed by atoms with Crippen molar-refractivity contribution >= 4 is 5.97 Å². The zero-order valence-electron chi connectivity index (χ0n) is 15.3. The monoisotopic (exact) mass is 320 g/mol. The second-order valence-electron chi connectivity index (χ2n) is 5.81. The second kappa shape index (κ2) is 18.7. The van der Waals surface area contributed by atoms with E-state index in [1.165, 1.54) is 38.5 Å². The van der Waals surface area contributed by atoms with Gasteiger partial charge in [-0.3, -0.25) is 4.79 Å². The molecule has 0 N–H and O–H groups in total. The van der Waals surface area contributed by atoms with Gasteiger partial charge < -0.3 is 4.74 Å². The number of rotatable bonds is 15. The van der Waals surface area contributed by atoms with Gasteiger partial charge in [0.25, 0.3) is 0 Å². The van der Waals surface area contributed by atoms with Crippen molar-refractivity contribution in [1.82, 2.24) is 0 Å². The van der Waals surface area contributed by atoms with E-state index in [2.05, 4.69) is 43.4 Å². The van der Waals surface area contributed by atoms with Crippen molar-refractivity contribution in [1.29, 1.82) is 0 Å². The molecule has 0 amide bonds. The summed E-state index contributed by atoms with van der Waals surface area (Å²) in [6.07, 6.45) is 25.7. The lowest BCUT2D eigenvalue weighted by Crippen LogP contribution is -2.02. The highest BCUT2D eigenvalue weighted by Gasteiger charge is 1.98. The molecule has 0 aliphatic carbocycles. The van der Waals surface area contributed by atoms with Gasteiger partial charge in [-0.15, -0.1) is 0 Å². The van der Waals surface area contributed by atoms with E-state index in [9.17, 15) is 4.79 Å². The van der Waals surface area contributed by atoms with E-state index in [1.54, 1.807) is 0 Å². The maximum Gasteiger partial charge on any atom is 0.305 e. The van der Waals surface area contributed by atoms with E-state index < -0.39 is 0 Å². The van der Waals surface area contributed by atoms with Crippen LogP contribution in [0.3, 0.4) is 0 Å². The average Bonchev–Trinajstić information content (AvgIpc) is 2.54. The van der Waals surface area contributed by atoms with Crippen molar-refractivity contribution in [2.24, 2.45) is 0 Å². The first-order valence-corrected chi connectivity index (χ1v) is 9.43. The number of carbonyl (C=O) groups is 1. The summed E-state index contributed by atoms with van der Waals surface area (Å²) < 4.78 is 4.89. The van der Waals surface area contributed by atoms with Crippen LogP contribution >= 0.6 is 0 Å². The lowest BCUT2D eigenvalue weighted by molar-refractivity contribution is -0.143. The van der Waals surface area contributed by atoms with Crippen LogP contribution in [0.1, 0.15) is 84.5 Å². The summed E-state index contributed by atoms with van der Waals surface area (Å²) in [6, 6.07) is 0. The Morgan fingerprint density at radius 3 is 1.83 bits per heavy atom. The van der Waals surface area contributed by atoms with Crippen LogP contribution in [-0.2, 0) is 9.53 Å². The molecule has 0 aliphatic rings. The number of ether oxygens (including phenoxy) is 1. The van der Waals surface area contributed by atoms with Gasteiger partial charge in [-0.25, -0.2) is 0 Å². The second-order valence-corrected chi connectivity index (χ2v) is 5.81. The van der Waals surface area contributed by atoms with Gasteiger partial charge in [0.1, 0.15) is 0 Å². The summed E-state index contributed by atoms with van der Waals surface area (Å²) in [5.74, 6) is -0.0768. The molecule has 0 unspecified atom stereocenters. The lowest BCUT2D eigenvalue weighted by atomic mass is 10.1. The zero-order valence-corrected chi connectivity index (χ0v) is 15.3. The molecule has 0 aromatic rings. The molecule has 0 saturated heterocycles. The first-order valence-electron chi connectivity index (χ1n) is 9.43. The van der Waals surface area contributed by atoms with Crippen LogP contribution < -0.4 is 0 Å². The number of esters is 1. The largest absolute Gasteiger partial charge is 0.466 e. The van der Waals surface area contributed by atoms with Crippen LogP contribution in [0.5, 0.6) is 0 Å². The molecule has 0 aliphatic heterocycles. The van der Waals surface area contributed by atoms with E-state index >= 15 is 0 Å². The van der Waals surface area contributed by atoms with Gasteiger partial charge >= 0.3 is 5.97 Å². The molecule has 0 rings (SSSR count). The van der Waals surface area contributed by atoms with Gasteiger partial charge in [0.15, 0.2) is 0 Å². The summed E-state index contributed by atoms with van der Waals surface area (Å²) >= 11 is 0. The summed E-state index contributed by atoms with van der Waals surface area (Å²) in [5.41, 5.74) is 0. The van der Waals surface area contributed by atoms with Gasteiger partial charge in [0, 0.05) is 6.42 Å². The van der Waals surface area contributed by atoms with Crippen LogP contribution in [0, 0.1) is 0 Å². The third-order valence-corrected chi connectivity index (χ3v) is 3.57. The highest BCUT2D eigenvalue weighted by molar-refractivity contribution is 5.69.